The lowest BCUT2D eigenvalue weighted by Crippen LogP contribution is -2.37. The van der Waals surface area contributed by atoms with E-state index in [0.29, 0.717) is 11.3 Å². The fraction of sp³-hybridized carbons (Fsp3) is 0.375. The van der Waals surface area contributed by atoms with Gasteiger partial charge in [0.2, 0.25) is 0 Å². The van der Waals surface area contributed by atoms with Crippen LogP contribution in [0.1, 0.15) is 34.1 Å². The van der Waals surface area contributed by atoms with Crippen molar-refractivity contribution in [1.29, 1.82) is 0 Å². The Morgan fingerprint density at radius 1 is 1.33 bits per heavy atom. The summed E-state index contributed by atoms with van der Waals surface area (Å²) in [6.45, 7) is 3.24. The molecular formula is C16H19FN2O3S2. The van der Waals surface area contributed by atoms with E-state index in [0.717, 1.165) is 10.6 Å². The fourth-order valence-electron chi connectivity index (χ4n) is 2.11. The first-order valence-electron chi connectivity index (χ1n) is 7.49. The summed E-state index contributed by atoms with van der Waals surface area (Å²) in [6, 6.07) is 5.64. The second kappa shape index (κ2) is 7.85. The average Bonchev–Trinajstić information content (AvgIpc) is 2.97. The highest BCUT2D eigenvalue weighted by atomic mass is 32.2. The second-order valence-corrected chi connectivity index (χ2v) is 9.01. The van der Waals surface area contributed by atoms with Crippen molar-refractivity contribution in [2.75, 3.05) is 11.5 Å². The number of benzene rings is 1. The zero-order chi connectivity index (χ0) is 17.7. The van der Waals surface area contributed by atoms with E-state index in [1.165, 1.54) is 29.7 Å². The minimum absolute atomic E-state index is 0.0512. The molecule has 1 N–H and O–H groups in total. The van der Waals surface area contributed by atoms with E-state index in [1.54, 1.807) is 26.0 Å². The molecular weight excluding hydrogens is 351 g/mol. The maximum Gasteiger partial charge on any atom is 0.263 e. The quantitative estimate of drug-likeness (QED) is 0.812. The molecule has 8 heteroatoms. The van der Waals surface area contributed by atoms with Crippen molar-refractivity contribution < 1.29 is 17.6 Å². The summed E-state index contributed by atoms with van der Waals surface area (Å²) in [5.41, 5.74) is 0.903. The Bertz CT molecular complexity index is 801. The number of hydrogen-bond donors (Lipinski definition) is 1. The molecule has 0 saturated heterocycles. The lowest BCUT2D eigenvalue weighted by molar-refractivity contribution is 0.0947. The highest BCUT2D eigenvalue weighted by Gasteiger charge is 2.18. The van der Waals surface area contributed by atoms with Crippen LogP contribution in [0.15, 0.2) is 30.5 Å². The number of carbonyl (C=O) groups excluding carboxylic acids is 1. The molecule has 1 amide bonds. The van der Waals surface area contributed by atoms with Crippen LogP contribution in [0, 0.1) is 5.82 Å². The Hall–Kier alpha value is -1.80. The third-order valence-corrected chi connectivity index (χ3v) is 6.25. The van der Waals surface area contributed by atoms with Crippen LogP contribution in [0.25, 0.3) is 0 Å². The van der Waals surface area contributed by atoms with E-state index in [2.05, 4.69) is 10.3 Å². The summed E-state index contributed by atoms with van der Waals surface area (Å²) < 4.78 is 36.0. The SMILES string of the molecule is CCS(=O)(=O)C[C@@H](C)NC(=O)c1cnc(Cc2ccc(F)cc2)s1. The molecule has 0 aliphatic heterocycles. The van der Waals surface area contributed by atoms with E-state index < -0.39 is 15.9 Å². The molecule has 0 unspecified atom stereocenters. The summed E-state index contributed by atoms with van der Waals surface area (Å²) in [4.78, 5) is 16.8. The largest absolute Gasteiger partial charge is 0.348 e. The number of nitrogens with zero attached hydrogens (tertiary/aromatic N) is 1. The molecule has 1 atom stereocenters. The number of hydrogen-bond acceptors (Lipinski definition) is 5. The van der Waals surface area contributed by atoms with Gasteiger partial charge < -0.3 is 5.32 Å². The van der Waals surface area contributed by atoms with Crippen LogP contribution >= 0.6 is 11.3 Å². The number of amides is 1. The van der Waals surface area contributed by atoms with Crippen molar-refractivity contribution in [1.82, 2.24) is 10.3 Å². The van der Waals surface area contributed by atoms with E-state index >= 15 is 0 Å². The Morgan fingerprint density at radius 2 is 2.00 bits per heavy atom. The minimum atomic E-state index is -3.14. The van der Waals surface area contributed by atoms with Crippen LogP contribution in [0.3, 0.4) is 0 Å². The summed E-state index contributed by atoms with van der Waals surface area (Å²) in [7, 11) is -3.14. The van der Waals surface area contributed by atoms with E-state index in [1.807, 2.05) is 0 Å². The zero-order valence-electron chi connectivity index (χ0n) is 13.5. The summed E-state index contributed by atoms with van der Waals surface area (Å²) in [6.07, 6.45) is 1.98. The van der Waals surface area contributed by atoms with E-state index in [-0.39, 0.29) is 23.2 Å². The monoisotopic (exact) mass is 370 g/mol. The van der Waals surface area contributed by atoms with Gasteiger partial charge in [0, 0.05) is 18.2 Å². The minimum Gasteiger partial charge on any atom is -0.348 e. The summed E-state index contributed by atoms with van der Waals surface area (Å²) in [5.74, 6) is -0.669. The third kappa shape index (κ3) is 5.38. The van der Waals surface area contributed by atoms with Crippen LogP contribution in [-0.2, 0) is 16.3 Å². The number of thiazole rings is 1. The number of carbonyl (C=O) groups is 1. The van der Waals surface area contributed by atoms with Gasteiger partial charge >= 0.3 is 0 Å². The molecule has 0 spiro atoms. The molecule has 1 aromatic heterocycles. The highest BCUT2D eigenvalue weighted by Crippen LogP contribution is 2.17. The molecule has 0 aliphatic rings. The topological polar surface area (TPSA) is 76.1 Å². The van der Waals surface area contributed by atoms with E-state index in [9.17, 15) is 17.6 Å². The van der Waals surface area contributed by atoms with Gasteiger partial charge in [-0.15, -0.1) is 11.3 Å². The predicted molar refractivity (Wildman–Crippen MR) is 92.6 cm³/mol. The van der Waals surface area contributed by atoms with Crippen molar-refractivity contribution >= 4 is 27.1 Å². The van der Waals surface area contributed by atoms with Crippen molar-refractivity contribution in [3.63, 3.8) is 0 Å². The molecule has 24 heavy (non-hydrogen) atoms. The van der Waals surface area contributed by atoms with Gasteiger partial charge in [-0.2, -0.15) is 0 Å². The molecule has 0 saturated carbocycles. The highest BCUT2D eigenvalue weighted by molar-refractivity contribution is 7.91. The predicted octanol–water partition coefficient (Wildman–Crippen LogP) is 2.43. The second-order valence-electron chi connectivity index (χ2n) is 5.49. The molecule has 2 rings (SSSR count). The molecule has 2 aromatic rings. The lowest BCUT2D eigenvalue weighted by atomic mass is 10.2. The first-order chi connectivity index (χ1) is 11.3. The Morgan fingerprint density at radius 3 is 2.62 bits per heavy atom. The Balaban J connectivity index is 1.96. The van der Waals surface area contributed by atoms with E-state index in [4.69, 9.17) is 0 Å². The van der Waals surface area contributed by atoms with Gasteiger partial charge in [-0.05, 0) is 24.6 Å². The normalized spacial score (nSPS) is 12.8. The van der Waals surface area contributed by atoms with Crippen molar-refractivity contribution in [2.24, 2.45) is 0 Å². The number of rotatable bonds is 7. The van der Waals surface area contributed by atoms with Gasteiger partial charge in [0.15, 0.2) is 9.84 Å². The maximum absolute atomic E-state index is 12.9. The summed E-state index contributed by atoms with van der Waals surface area (Å²) >= 11 is 1.24. The van der Waals surface area contributed by atoms with Crippen LogP contribution in [0.4, 0.5) is 4.39 Å². The average molecular weight is 370 g/mol. The molecule has 130 valence electrons. The summed E-state index contributed by atoms with van der Waals surface area (Å²) in [5, 5.41) is 3.41. The van der Waals surface area contributed by atoms with Gasteiger partial charge in [0.1, 0.15) is 10.7 Å². The van der Waals surface area contributed by atoms with Gasteiger partial charge in [-0.1, -0.05) is 19.1 Å². The number of nitrogens with one attached hydrogen (secondary N) is 1. The van der Waals surface area contributed by atoms with Crippen LogP contribution in [0.5, 0.6) is 0 Å². The maximum atomic E-state index is 12.9. The molecule has 1 heterocycles. The van der Waals surface area contributed by atoms with Crippen LogP contribution in [0.2, 0.25) is 0 Å². The first-order valence-corrected chi connectivity index (χ1v) is 10.1. The van der Waals surface area contributed by atoms with Crippen LogP contribution in [-0.4, -0.2) is 36.9 Å². The Labute approximate surface area is 144 Å². The number of halogens is 1. The molecule has 0 radical (unpaired) electrons. The number of sulfone groups is 1. The first kappa shape index (κ1) is 18.5. The van der Waals surface area contributed by atoms with Crippen molar-refractivity contribution in [3.05, 3.63) is 51.7 Å². The van der Waals surface area contributed by atoms with Gasteiger partial charge in [0.25, 0.3) is 5.91 Å². The third-order valence-electron chi connectivity index (χ3n) is 3.37. The fourth-order valence-corrected chi connectivity index (χ4v) is 4.05. The van der Waals surface area contributed by atoms with Crippen LogP contribution < -0.4 is 5.32 Å². The molecule has 1 aromatic carbocycles. The number of aromatic nitrogens is 1. The van der Waals surface area contributed by atoms with Crippen molar-refractivity contribution in [2.45, 2.75) is 26.3 Å². The lowest BCUT2D eigenvalue weighted by Gasteiger charge is -2.12. The molecule has 0 aliphatic carbocycles. The smallest absolute Gasteiger partial charge is 0.263 e. The standard InChI is InChI=1S/C16H19FN2O3S2/c1-3-24(21,22)10-11(2)19-16(20)14-9-18-15(23-14)8-12-4-6-13(17)7-5-12/h4-7,9,11H,3,8,10H2,1-2H3,(H,19,20)/t11-/m1/s1. The molecule has 0 fully saturated rings. The zero-order valence-corrected chi connectivity index (χ0v) is 15.1. The molecule has 5 nitrogen and oxygen atoms in total. The van der Waals surface area contributed by atoms with Gasteiger partial charge in [0.05, 0.1) is 17.0 Å². The Kier molecular flexibility index (Phi) is 6.06. The van der Waals surface area contributed by atoms with Gasteiger partial charge in [-0.3, -0.25) is 4.79 Å². The molecule has 0 bridgehead atoms. The van der Waals surface area contributed by atoms with Gasteiger partial charge in [-0.25, -0.2) is 17.8 Å². The van der Waals surface area contributed by atoms with Crippen molar-refractivity contribution in [3.8, 4) is 0 Å².